The van der Waals surface area contributed by atoms with Crippen molar-refractivity contribution in [2.45, 2.75) is 0 Å². The van der Waals surface area contributed by atoms with Gasteiger partial charge in [0.2, 0.25) is 0 Å². The number of fused-ring (bicyclic) bond motifs is 1. The fourth-order valence-corrected chi connectivity index (χ4v) is 2.28. The summed E-state index contributed by atoms with van der Waals surface area (Å²) >= 11 is 0. The molecule has 1 amide bonds. The van der Waals surface area contributed by atoms with E-state index in [4.69, 9.17) is 0 Å². The summed E-state index contributed by atoms with van der Waals surface area (Å²) in [5.74, 6) is -0.282. The normalized spacial score (nSPS) is 10.8. The molecule has 1 N–H and O–H groups in total. The van der Waals surface area contributed by atoms with E-state index >= 15 is 0 Å². The number of imidazole rings is 1. The average molecular weight is 282 g/mol. The van der Waals surface area contributed by atoms with Crippen LogP contribution in [0.5, 0.6) is 0 Å². The first-order chi connectivity index (χ1) is 10.1. The van der Waals surface area contributed by atoms with Gasteiger partial charge >= 0.3 is 5.69 Å². The molecule has 0 aliphatic rings. The zero-order chi connectivity index (χ0) is 15.0. The molecule has 0 spiro atoms. The molecule has 6 nitrogen and oxygen atoms in total. The van der Waals surface area contributed by atoms with Crippen LogP contribution in [0.2, 0.25) is 0 Å². The largest absolute Gasteiger partial charge is 0.328 e. The molecule has 1 aromatic carbocycles. The molecule has 6 heteroatoms. The molecule has 21 heavy (non-hydrogen) atoms. The molecule has 2 aromatic heterocycles. The maximum Gasteiger partial charge on any atom is 0.328 e. The van der Waals surface area contributed by atoms with Crippen molar-refractivity contribution in [3.8, 4) is 0 Å². The molecule has 0 radical (unpaired) electrons. The lowest BCUT2D eigenvalue weighted by atomic mass is 10.2. The summed E-state index contributed by atoms with van der Waals surface area (Å²) in [5, 5.41) is 2.78. The van der Waals surface area contributed by atoms with E-state index in [1.807, 2.05) is 6.07 Å². The zero-order valence-corrected chi connectivity index (χ0v) is 11.7. The number of pyridine rings is 1. The molecular formula is C15H14N4O2. The van der Waals surface area contributed by atoms with Crippen LogP contribution in [0.25, 0.3) is 11.0 Å². The van der Waals surface area contributed by atoms with Gasteiger partial charge in [0.25, 0.3) is 5.91 Å². The number of hydrogen-bond acceptors (Lipinski definition) is 3. The Morgan fingerprint density at radius 3 is 2.57 bits per heavy atom. The highest BCUT2D eigenvalue weighted by atomic mass is 16.2. The van der Waals surface area contributed by atoms with E-state index < -0.39 is 0 Å². The van der Waals surface area contributed by atoms with Gasteiger partial charge < -0.3 is 5.32 Å². The Bertz CT molecular complexity index is 878. The molecule has 0 saturated heterocycles. The minimum Gasteiger partial charge on any atom is -0.321 e. The number of nitrogens with one attached hydrogen (secondary N) is 1. The van der Waals surface area contributed by atoms with E-state index in [-0.39, 0.29) is 11.6 Å². The summed E-state index contributed by atoms with van der Waals surface area (Å²) in [6.07, 6.45) is 1.57. The number of aryl methyl sites for hydroxylation is 2. The van der Waals surface area contributed by atoms with Gasteiger partial charge in [0.05, 0.1) is 11.0 Å². The van der Waals surface area contributed by atoms with Gasteiger partial charge in [-0.05, 0) is 30.3 Å². The van der Waals surface area contributed by atoms with Crippen LogP contribution in [0.1, 0.15) is 10.5 Å². The summed E-state index contributed by atoms with van der Waals surface area (Å²) < 4.78 is 3.12. The highest BCUT2D eigenvalue weighted by Gasteiger charge is 2.10. The molecule has 0 saturated carbocycles. The minimum absolute atomic E-state index is 0.0989. The molecule has 3 aromatic rings. The second-order valence-electron chi connectivity index (χ2n) is 4.77. The van der Waals surface area contributed by atoms with Gasteiger partial charge in [-0.25, -0.2) is 4.79 Å². The van der Waals surface area contributed by atoms with Gasteiger partial charge in [0.15, 0.2) is 0 Å². The van der Waals surface area contributed by atoms with Gasteiger partial charge in [-0.3, -0.25) is 18.9 Å². The van der Waals surface area contributed by atoms with E-state index in [2.05, 4.69) is 10.3 Å². The molecule has 0 aliphatic carbocycles. The van der Waals surface area contributed by atoms with Crippen LogP contribution in [-0.4, -0.2) is 20.0 Å². The Kier molecular flexibility index (Phi) is 3.06. The second kappa shape index (κ2) is 4.90. The van der Waals surface area contributed by atoms with Crippen molar-refractivity contribution in [3.63, 3.8) is 0 Å². The highest BCUT2D eigenvalue weighted by molar-refractivity contribution is 6.03. The first-order valence-electron chi connectivity index (χ1n) is 6.46. The molecule has 2 heterocycles. The third-order valence-corrected chi connectivity index (χ3v) is 3.43. The standard InChI is InChI=1S/C15H14N4O2/c1-18-12-7-6-10(9-13(12)19(2)15(18)21)17-14(20)11-5-3-4-8-16-11/h3-9H,1-2H3,(H,17,20). The fraction of sp³-hybridized carbons (Fsp3) is 0.133. The number of aromatic nitrogens is 3. The van der Waals surface area contributed by atoms with Crippen molar-refractivity contribution in [1.29, 1.82) is 0 Å². The average Bonchev–Trinajstić information content (AvgIpc) is 2.73. The van der Waals surface area contributed by atoms with E-state index in [0.717, 1.165) is 11.0 Å². The first kappa shape index (κ1) is 13.1. The maximum atomic E-state index is 12.1. The van der Waals surface area contributed by atoms with Gasteiger partial charge in [0, 0.05) is 26.0 Å². The number of carbonyl (C=O) groups excluding carboxylic acids is 1. The van der Waals surface area contributed by atoms with Crippen molar-refractivity contribution in [2.75, 3.05) is 5.32 Å². The van der Waals surface area contributed by atoms with Gasteiger partial charge in [-0.15, -0.1) is 0 Å². The topological polar surface area (TPSA) is 68.9 Å². The predicted octanol–water partition coefficient (Wildman–Crippen LogP) is 1.52. The molecule has 0 aliphatic heterocycles. The number of carbonyl (C=O) groups is 1. The van der Waals surface area contributed by atoms with Crippen LogP contribution in [0.3, 0.4) is 0 Å². The van der Waals surface area contributed by atoms with Crippen LogP contribution >= 0.6 is 0 Å². The quantitative estimate of drug-likeness (QED) is 0.775. The lowest BCUT2D eigenvalue weighted by Gasteiger charge is -2.05. The third-order valence-electron chi connectivity index (χ3n) is 3.43. The fourth-order valence-electron chi connectivity index (χ4n) is 2.28. The lowest BCUT2D eigenvalue weighted by Crippen LogP contribution is -2.19. The van der Waals surface area contributed by atoms with Crippen LogP contribution < -0.4 is 11.0 Å². The predicted molar refractivity (Wildman–Crippen MR) is 80.4 cm³/mol. The molecule has 0 unspecified atom stereocenters. The summed E-state index contributed by atoms with van der Waals surface area (Å²) in [6, 6.07) is 10.5. The molecule has 106 valence electrons. The Balaban J connectivity index is 1.97. The first-order valence-corrected chi connectivity index (χ1v) is 6.46. The number of benzene rings is 1. The summed E-state index contributed by atoms with van der Waals surface area (Å²) in [6.45, 7) is 0. The van der Waals surface area contributed by atoms with E-state index in [1.54, 1.807) is 59.8 Å². The van der Waals surface area contributed by atoms with Gasteiger partial charge in [0.1, 0.15) is 5.69 Å². The monoisotopic (exact) mass is 282 g/mol. The summed E-state index contributed by atoms with van der Waals surface area (Å²) in [7, 11) is 3.42. The maximum absolute atomic E-state index is 12.1. The molecular weight excluding hydrogens is 268 g/mol. The van der Waals surface area contributed by atoms with Crippen molar-refractivity contribution < 1.29 is 4.79 Å². The van der Waals surface area contributed by atoms with E-state index in [9.17, 15) is 9.59 Å². The van der Waals surface area contributed by atoms with E-state index in [0.29, 0.717) is 11.4 Å². The van der Waals surface area contributed by atoms with Gasteiger partial charge in [-0.1, -0.05) is 6.07 Å². The third kappa shape index (κ3) is 2.20. The second-order valence-corrected chi connectivity index (χ2v) is 4.77. The number of amides is 1. The molecule has 0 fully saturated rings. The number of rotatable bonds is 2. The number of anilines is 1. The molecule has 3 rings (SSSR count). The Morgan fingerprint density at radius 1 is 1.10 bits per heavy atom. The lowest BCUT2D eigenvalue weighted by molar-refractivity contribution is 0.102. The van der Waals surface area contributed by atoms with Crippen LogP contribution in [-0.2, 0) is 14.1 Å². The Labute approximate surface area is 120 Å². The number of hydrogen-bond donors (Lipinski definition) is 1. The van der Waals surface area contributed by atoms with Crippen LogP contribution in [0.15, 0.2) is 47.4 Å². The highest BCUT2D eigenvalue weighted by Crippen LogP contribution is 2.18. The minimum atomic E-state index is -0.282. The zero-order valence-electron chi connectivity index (χ0n) is 11.7. The summed E-state index contributed by atoms with van der Waals surface area (Å²) in [4.78, 5) is 27.9. The van der Waals surface area contributed by atoms with Crippen molar-refractivity contribution in [1.82, 2.24) is 14.1 Å². The Hall–Kier alpha value is -2.89. The SMILES string of the molecule is Cn1c(=O)n(C)c2cc(NC(=O)c3ccccn3)ccc21. The van der Waals surface area contributed by atoms with Crippen LogP contribution in [0, 0.1) is 0 Å². The van der Waals surface area contributed by atoms with Crippen molar-refractivity contribution in [2.24, 2.45) is 14.1 Å². The van der Waals surface area contributed by atoms with Crippen LogP contribution in [0.4, 0.5) is 5.69 Å². The molecule has 0 atom stereocenters. The Morgan fingerprint density at radius 2 is 1.86 bits per heavy atom. The van der Waals surface area contributed by atoms with Crippen molar-refractivity contribution >= 4 is 22.6 Å². The summed E-state index contributed by atoms with van der Waals surface area (Å²) in [5.41, 5.74) is 2.46. The molecule has 0 bridgehead atoms. The van der Waals surface area contributed by atoms with Crippen molar-refractivity contribution in [3.05, 3.63) is 58.8 Å². The van der Waals surface area contributed by atoms with E-state index in [1.165, 1.54) is 0 Å². The van der Waals surface area contributed by atoms with Gasteiger partial charge in [-0.2, -0.15) is 0 Å². The number of nitrogens with zero attached hydrogens (tertiary/aromatic N) is 3. The smallest absolute Gasteiger partial charge is 0.321 e.